The number of aryl methyl sites for hydroxylation is 1. The van der Waals surface area contributed by atoms with E-state index in [0.29, 0.717) is 24.2 Å². The van der Waals surface area contributed by atoms with E-state index in [-0.39, 0.29) is 17.9 Å². The van der Waals surface area contributed by atoms with Crippen molar-refractivity contribution in [1.29, 1.82) is 0 Å². The molecule has 3 aromatic rings. The van der Waals surface area contributed by atoms with Gasteiger partial charge in [-0.15, -0.1) is 0 Å². The zero-order valence-corrected chi connectivity index (χ0v) is 18.9. The van der Waals surface area contributed by atoms with Gasteiger partial charge in [-0.2, -0.15) is 0 Å². The number of hydrogen-bond acceptors (Lipinski definition) is 3. The number of halogens is 1. The number of pyridine rings is 1. The van der Waals surface area contributed by atoms with Gasteiger partial charge >= 0.3 is 0 Å². The van der Waals surface area contributed by atoms with Gasteiger partial charge in [-0.1, -0.05) is 53.2 Å². The van der Waals surface area contributed by atoms with E-state index in [1.807, 2.05) is 36.4 Å². The summed E-state index contributed by atoms with van der Waals surface area (Å²) in [5.41, 5.74) is 4.41. The lowest BCUT2D eigenvalue weighted by molar-refractivity contribution is -0.119. The summed E-state index contributed by atoms with van der Waals surface area (Å²) in [4.78, 5) is 29.1. The Balaban J connectivity index is 1.61. The van der Waals surface area contributed by atoms with Crippen molar-refractivity contribution < 1.29 is 9.59 Å². The second-order valence-electron chi connectivity index (χ2n) is 7.70. The number of carbonyl (C=O) groups excluding carboxylic acids is 2. The molecule has 0 aliphatic carbocycles. The first-order valence-electron chi connectivity index (χ1n) is 10.5. The number of hydrogen-bond donors (Lipinski definition) is 2. The largest absolute Gasteiger partial charge is 0.352 e. The minimum Gasteiger partial charge on any atom is -0.352 e. The normalized spacial score (nSPS) is 16.1. The zero-order valence-electron chi connectivity index (χ0n) is 17.3. The molecule has 2 heterocycles. The van der Waals surface area contributed by atoms with Crippen LogP contribution < -0.4 is 10.6 Å². The van der Waals surface area contributed by atoms with Crippen LogP contribution in [0.5, 0.6) is 0 Å². The standard InChI is InChI=1S/C25H24BrN3O2/c1-2-16-3-5-17(6-4-16)7-9-19-14-22(21-13-18(26)8-11-23(21)28-19)25(31)27-15-20-10-12-24(30)29-20/h3-9,11,13-14,20H,2,10,12,15H2,1H3,(H,27,31)(H,29,30)/b9-7+/t20-/m1/s1. The quantitative estimate of drug-likeness (QED) is 0.538. The fourth-order valence-corrected chi connectivity index (χ4v) is 4.04. The zero-order chi connectivity index (χ0) is 21.8. The number of carbonyl (C=O) groups is 2. The minimum atomic E-state index is -0.173. The smallest absolute Gasteiger partial charge is 0.252 e. The summed E-state index contributed by atoms with van der Waals surface area (Å²) < 4.78 is 0.887. The molecule has 2 aromatic carbocycles. The fourth-order valence-electron chi connectivity index (χ4n) is 3.68. The van der Waals surface area contributed by atoms with Crippen molar-refractivity contribution in [2.24, 2.45) is 0 Å². The number of benzene rings is 2. The van der Waals surface area contributed by atoms with E-state index in [9.17, 15) is 9.59 Å². The van der Waals surface area contributed by atoms with Gasteiger partial charge in [-0.3, -0.25) is 9.59 Å². The number of nitrogens with zero attached hydrogens (tertiary/aromatic N) is 1. The van der Waals surface area contributed by atoms with Crippen LogP contribution in [-0.2, 0) is 11.2 Å². The summed E-state index contributed by atoms with van der Waals surface area (Å²) >= 11 is 3.49. The molecular weight excluding hydrogens is 454 g/mol. The van der Waals surface area contributed by atoms with Gasteiger partial charge in [0.15, 0.2) is 0 Å². The van der Waals surface area contributed by atoms with E-state index in [1.165, 1.54) is 5.56 Å². The van der Waals surface area contributed by atoms with Gasteiger partial charge in [0, 0.05) is 28.9 Å². The maximum absolute atomic E-state index is 13.0. The van der Waals surface area contributed by atoms with E-state index in [2.05, 4.69) is 57.8 Å². The second-order valence-corrected chi connectivity index (χ2v) is 8.61. The molecule has 2 amide bonds. The number of aromatic nitrogens is 1. The molecule has 1 saturated heterocycles. The molecule has 6 heteroatoms. The third-order valence-electron chi connectivity index (χ3n) is 5.46. The lowest BCUT2D eigenvalue weighted by Crippen LogP contribution is -2.38. The Morgan fingerprint density at radius 2 is 2.00 bits per heavy atom. The molecule has 5 nitrogen and oxygen atoms in total. The van der Waals surface area contributed by atoms with Gasteiger partial charge in [-0.05, 0) is 54.3 Å². The third-order valence-corrected chi connectivity index (χ3v) is 5.96. The van der Waals surface area contributed by atoms with Crippen LogP contribution in [0.25, 0.3) is 23.1 Å². The third kappa shape index (κ3) is 5.20. The Kier molecular flexibility index (Phi) is 6.47. The van der Waals surface area contributed by atoms with Crippen LogP contribution in [0.1, 0.15) is 46.9 Å². The lowest BCUT2D eigenvalue weighted by atomic mass is 10.1. The summed E-state index contributed by atoms with van der Waals surface area (Å²) in [5.74, 6) is -0.134. The molecule has 1 fully saturated rings. The lowest BCUT2D eigenvalue weighted by Gasteiger charge is -2.13. The molecule has 0 spiro atoms. The van der Waals surface area contributed by atoms with Crippen molar-refractivity contribution in [2.75, 3.05) is 6.54 Å². The van der Waals surface area contributed by atoms with Gasteiger partial charge in [0.1, 0.15) is 0 Å². The Morgan fingerprint density at radius 3 is 2.71 bits per heavy atom. The van der Waals surface area contributed by atoms with Crippen LogP contribution in [0.3, 0.4) is 0 Å². The Bertz CT molecular complexity index is 1160. The first-order chi connectivity index (χ1) is 15.0. The molecule has 4 rings (SSSR count). The molecule has 0 unspecified atom stereocenters. The fraction of sp³-hybridized carbons (Fsp3) is 0.240. The summed E-state index contributed by atoms with van der Waals surface area (Å²) in [6.45, 7) is 2.55. The van der Waals surface area contributed by atoms with Gasteiger partial charge < -0.3 is 10.6 Å². The molecule has 1 aliphatic rings. The molecule has 0 saturated carbocycles. The van der Waals surface area contributed by atoms with E-state index in [1.54, 1.807) is 0 Å². The Morgan fingerprint density at radius 1 is 1.19 bits per heavy atom. The molecule has 158 valence electrons. The maximum atomic E-state index is 13.0. The molecule has 31 heavy (non-hydrogen) atoms. The summed E-state index contributed by atoms with van der Waals surface area (Å²) in [6.07, 6.45) is 6.19. The Hall–Kier alpha value is -2.99. The summed E-state index contributed by atoms with van der Waals surface area (Å²) in [5, 5.41) is 6.63. The summed E-state index contributed by atoms with van der Waals surface area (Å²) in [7, 11) is 0. The van der Waals surface area contributed by atoms with E-state index in [4.69, 9.17) is 4.98 Å². The van der Waals surface area contributed by atoms with Crippen molar-refractivity contribution in [2.45, 2.75) is 32.2 Å². The highest BCUT2D eigenvalue weighted by atomic mass is 79.9. The van der Waals surface area contributed by atoms with Crippen LogP contribution in [0.4, 0.5) is 0 Å². The number of fused-ring (bicyclic) bond motifs is 1. The van der Waals surface area contributed by atoms with E-state index < -0.39 is 0 Å². The second kappa shape index (κ2) is 9.43. The van der Waals surface area contributed by atoms with E-state index in [0.717, 1.165) is 33.8 Å². The van der Waals surface area contributed by atoms with Gasteiger partial charge in [0.2, 0.25) is 5.91 Å². The topological polar surface area (TPSA) is 71.1 Å². The molecule has 1 aliphatic heterocycles. The molecular formula is C25H24BrN3O2. The molecule has 0 radical (unpaired) electrons. The number of nitrogens with one attached hydrogen (secondary N) is 2. The van der Waals surface area contributed by atoms with E-state index >= 15 is 0 Å². The molecule has 0 bridgehead atoms. The average molecular weight is 478 g/mol. The van der Waals surface area contributed by atoms with Crippen molar-refractivity contribution in [3.05, 3.63) is 75.4 Å². The van der Waals surface area contributed by atoms with Crippen molar-refractivity contribution >= 4 is 50.8 Å². The molecule has 2 N–H and O–H groups in total. The highest BCUT2D eigenvalue weighted by Crippen LogP contribution is 2.24. The van der Waals surface area contributed by atoms with Crippen LogP contribution in [0, 0.1) is 0 Å². The van der Waals surface area contributed by atoms with Gasteiger partial charge in [0.05, 0.1) is 16.8 Å². The predicted molar refractivity (Wildman–Crippen MR) is 128 cm³/mol. The van der Waals surface area contributed by atoms with Gasteiger partial charge in [0.25, 0.3) is 5.91 Å². The average Bonchev–Trinajstić information content (AvgIpc) is 3.21. The maximum Gasteiger partial charge on any atom is 0.252 e. The molecule has 1 aromatic heterocycles. The first kappa shape index (κ1) is 21.2. The Labute approximate surface area is 190 Å². The van der Waals surface area contributed by atoms with Crippen molar-refractivity contribution in [1.82, 2.24) is 15.6 Å². The van der Waals surface area contributed by atoms with Crippen LogP contribution in [0.2, 0.25) is 0 Å². The van der Waals surface area contributed by atoms with Crippen LogP contribution >= 0.6 is 15.9 Å². The van der Waals surface area contributed by atoms with Crippen molar-refractivity contribution in [3.63, 3.8) is 0 Å². The minimum absolute atomic E-state index is 0.0123. The SMILES string of the molecule is CCc1ccc(/C=C/c2cc(C(=O)NC[C@H]3CCC(=O)N3)c3cc(Br)ccc3n2)cc1. The number of amides is 2. The van der Waals surface area contributed by atoms with Crippen LogP contribution in [-0.4, -0.2) is 29.4 Å². The summed E-state index contributed by atoms with van der Waals surface area (Å²) in [6, 6.07) is 15.9. The number of rotatable bonds is 6. The highest BCUT2D eigenvalue weighted by molar-refractivity contribution is 9.10. The highest BCUT2D eigenvalue weighted by Gasteiger charge is 2.22. The monoisotopic (exact) mass is 477 g/mol. The van der Waals surface area contributed by atoms with Crippen LogP contribution in [0.15, 0.2) is 53.0 Å². The van der Waals surface area contributed by atoms with Gasteiger partial charge in [-0.25, -0.2) is 4.98 Å². The predicted octanol–water partition coefficient (Wildman–Crippen LogP) is 4.74. The molecule has 1 atom stereocenters. The first-order valence-corrected chi connectivity index (χ1v) is 11.3. The van der Waals surface area contributed by atoms with Crippen molar-refractivity contribution in [3.8, 4) is 0 Å².